The van der Waals surface area contributed by atoms with Crippen molar-refractivity contribution < 1.29 is 14.3 Å². The lowest BCUT2D eigenvalue weighted by Crippen LogP contribution is -2.02. The average molecular weight is 280 g/mol. The van der Waals surface area contributed by atoms with Crippen LogP contribution in [0.3, 0.4) is 0 Å². The number of methoxy groups -OCH3 is 1. The number of ether oxygens (including phenoxy) is 2. The van der Waals surface area contributed by atoms with Crippen LogP contribution in [0.1, 0.15) is 18.9 Å². The van der Waals surface area contributed by atoms with E-state index in [-0.39, 0.29) is 5.97 Å². The molecule has 0 unspecified atom stereocenters. The van der Waals surface area contributed by atoms with Crippen molar-refractivity contribution >= 4 is 11.5 Å². The van der Waals surface area contributed by atoms with E-state index < -0.39 is 0 Å². The van der Waals surface area contributed by atoms with Gasteiger partial charge in [-0.1, -0.05) is 30.4 Å². The number of carbonyl (C=O) groups excluding carboxylic acids is 1. The lowest BCUT2D eigenvalue weighted by atomic mass is 10.0. The van der Waals surface area contributed by atoms with Crippen LogP contribution in [0.4, 0.5) is 0 Å². The Kier molecular flexibility index (Phi) is 3.48. The first-order valence-corrected chi connectivity index (χ1v) is 6.84. The van der Waals surface area contributed by atoms with Crippen molar-refractivity contribution in [3.05, 3.63) is 71.0 Å². The number of rotatable bonds is 3. The summed E-state index contributed by atoms with van der Waals surface area (Å²) < 4.78 is 10.7. The molecular weight excluding hydrogens is 264 g/mol. The Hall–Kier alpha value is -2.55. The molecule has 21 heavy (non-hydrogen) atoms. The molecule has 0 aliphatic heterocycles. The highest BCUT2D eigenvalue weighted by Gasteiger charge is 2.25. The van der Waals surface area contributed by atoms with Gasteiger partial charge in [-0.3, -0.25) is 4.79 Å². The van der Waals surface area contributed by atoms with Crippen molar-refractivity contribution in [1.82, 2.24) is 0 Å². The second-order valence-corrected chi connectivity index (χ2v) is 4.94. The number of fused-ring (bicyclic) bond motifs is 1. The van der Waals surface area contributed by atoms with Crippen molar-refractivity contribution in [2.75, 3.05) is 7.11 Å². The lowest BCUT2D eigenvalue weighted by Gasteiger charge is -2.12. The van der Waals surface area contributed by atoms with Gasteiger partial charge in [0.15, 0.2) is 0 Å². The summed E-state index contributed by atoms with van der Waals surface area (Å²) in [5.74, 6) is 1.17. The maximum absolute atomic E-state index is 11.4. The molecule has 0 atom stereocenters. The van der Waals surface area contributed by atoms with Gasteiger partial charge in [-0.2, -0.15) is 0 Å². The van der Waals surface area contributed by atoms with Gasteiger partial charge >= 0.3 is 5.97 Å². The van der Waals surface area contributed by atoms with E-state index >= 15 is 0 Å². The number of hydrogen-bond donors (Lipinski definition) is 0. The summed E-state index contributed by atoms with van der Waals surface area (Å²) in [4.78, 5) is 11.4. The minimum Gasteiger partial charge on any atom is -0.497 e. The lowest BCUT2D eigenvalue weighted by molar-refractivity contribution is -0.136. The average Bonchev–Trinajstić information content (AvgIpc) is 2.86. The molecule has 2 aliphatic carbocycles. The first-order valence-electron chi connectivity index (χ1n) is 6.84. The van der Waals surface area contributed by atoms with Gasteiger partial charge < -0.3 is 9.47 Å². The summed E-state index contributed by atoms with van der Waals surface area (Å²) in [6.07, 6.45) is 8.98. The summed E-state index contributed by atoms with van der Waals surface area (Å²) in [6.45, 7) is 1.43. The van der Waals surface area contributed by atoms with E-state index in [9.17, 15) is 4.79 Å². The molecule has 2 aliphatic rings. The van der Waals surface area contributed by atoms with Gasteiger partial charge in [0.1, 0.15) is 11.5 Å². The Morgan fingerprint density at radius 1 is 1.19 bits per heavy atom. The van der Waals surface area contributed by atoms with Crippen molar-refractivity contribution in [2.24, 2.45) is 0 Å². The minimum absolute atomic E-state index is 0.298. The van der Waals surface area contributed by atoms with Crippen LogP contribution in [0.2, 0.25) is 0 Å². The van der Waals surface area contributed by atoms with Crippen LogP contribution < -0.4 is 4.74 Å². The maximum Gasteiger partial charge on any atom is 0.308 e. The summed E-state index contributed by atoms with van der Waals surface area (Å²) in [5.41, 5.74) is 4.13. The highest BCUT2D eigenvalue weighted by Crippen LogP contribution is 2.41. The van der Waals surface area contributed by atoms with E-state index in [0.29, 0.717) is 5.76 Å². The third-order valence-corrected chi connectivity index (χ3v) is 3.55. The molecule has 0 radical (unpaired) electrons. The molecule has 3 heteroatoms. The first kappa shape index (κ1) is 13.4. The standard InChI is InChI=1S/C18H16O3/c1-12(19)21-18-16-6-4-3-5-14(16)11-17(18)13-7-9-15(20-2)10-8-13/h3-5,7-11H,6H2,1-2H3. The van der Waals surface area contributed by atoms with Crippen molar-refractivity contribution in [3.63, 3.8) is 0 Å². The van der Waals surface area contributed by atoms with Crippen LogP contribution in [-0.2, 0) is 9.53 Å². The Morgan fingerprint density at radius 2 is 1.95 bits per heavy atom. The van der Waals surface area contributed by atoms with Gasteiger partial charge in [-0.15, -0.1) is 0 Å². The normalized spacial score (nSPS) is 16.3. The van der Waals surface area contributed by atoms with Crippen LogP contribution >= 0.6 is 0 Å². The largest absolute Gasteiger partial charge is 0.497 e. The highest BCUT2D eigenvalue weighted by atomic mass is 16.5. The molecule has 3 rings (SSSR count). The zero-order valence-corrected chi connectivity index (χ0v) is 12.1. The van der Waals surface area contributed by atoms with Crippen molar-refractivity contribution in [3.8, 4) is 5.75 Å². The molecule has 1 aromatic rings. The number of hydrogen-bond acceptors (Lipinski definition) is 3. The second-order valence-electron chi connectivity index (χ2n) is 4.94. The molecular formula is C18H16O3. The van der Waals surface area contributed by atoms with Crippen molar-refractivity contribution in [2.45, 2.75) is 13.3 Å². The number of benzene rings is 1. The molecule has 0 amide bonds. The Bertz CT molecular complexity index is 700. The monoisotopic (exact) mass is 280 g/mol. The van der Waals surface area contributed by atoms with E-state index in [0.717, 1.165) is 34.5 Å². The molecule has 0 heterocycles. The molecule has 0 spiro atoms. The predicted octanol–water partition coefficient (Wildman–Crippen LogP) is 3.80. The summed E-state index contributed by atoms with van der Waals surface area (Å²) in [5, 5.41) is 0. The zero-order chi connectivity index (χ0) is 14.8. The van der Waals surface area contributed by atoms with Gasteiger partial charge in [0, 0.05) is 18.1 Å². The summed E-state index contributed by atoms with van der Waals surface area (Å²) in [6, 6.07) is 7.75. The molecule has 0 saturated carbocycles. The Morgan fingerprint density at radius 3 is 2.62 bits per heavy atom. The fourth-order valence-corrected chi connectivity index (χ4v) is 2.56. The Balaban J connectivity index is 2.03. The number of allylic oxidation sites excluding steroid dienone is 7. The molecule has 0 bridgehead atoms. The third kappa shape index (κ3) is 2.55. The smallest absolute Gasteiger partial charge is 0.308 e. The number of esters is 1. The molecule has 1 aromatic carbocycles. The fraction of sp³-hybridized carbons (Fsp3) is 0.167. The van der Waals surface area contributed by atoms with Gasteiger partial charge in [-0.25, -0.2) is 0 Å². The molecule has 0 fully saturated rings. The third-order valence-electron chi connectivity index (χ3n) is 3.55. The predicted molar refractivity (Wildman–Crippen MR) is 81.6 cm³/mol. The quantitative estimate of drug-likeness (QED) is 0.790. The molecule has 0 aromatic heterocycles. The van der Waals surface area contributed by atoms with Gasteiger partial charge in [0.05, 0.1) is 7.11 Å². The van der Waals surface area contributed by atoms with Crippen LogP contribution in [0.25, 0.3) is 5.57 Å². The summed E-state index contributed by atoms with van der Waals surface area (Å²) in [7, 11) is 1.64. The van der Waals surface area contributed by atoms with E-state index in [1.54, 1.807) is 7.11 Å². The Labute approximate surface area is 123 Å². The van der Waals surface area contributed by atoms with E-state index in [2.05, 4.69) is 12.2 Å². The van der Waals surface area contributed by atoms with Gasteiger partial charge in [-0.05, 0) is 35.8 Å². The van der Waals surface area contributed by atoms with Gasteiger partial charge in [0.2, 0.25) is 0 Å². The second kappa shape index (κ2) is 5.44. The minimum atomic E-state index is -0.298. The first-order chi connectivity index (χ1) is 10.2. The summed E-state index contributed by atoms with van der Waals surface area (Å²) >= 11 is 0. The van der Waals surface area contributed by atoms with Crippen LogP contribution in [0.15, 0.2) is 65.5 Å². The fourth-order valence-electron chi connectivity index (χ4n) is 2.56. The van der Waals surface area contributed by atoms with Gasteiger partial charge in [0.25, 0.3) is 0 Å². The molecule has 0 N–H and O–H groups in total. The van der Waals surface area contributed by atoms with E-state index in [4.69, 9.17) is 9.47 Å². The SMILES string of the molecule is COc1ccc(C2=CC3=CC=CCC3=C2OC(C)=O)cc1. The molecule has 106 valence electrons. The van der Waals surface area contributed by atoms with Crippen LogP contribution in [-0.4, -0.2) is 13.1 Å². The van der Waals surface area contributed by atoms with E-state index in [1.165, 1.54) is 6.92 Å². The van der Waals surface area contributed by atoms with Crippen molar-refractivity contribution in [1.29, 1.82) is 0 Å². The van der Waals surface area contributed by atoms with Crippen LogP contribution in [0, 0.1) is 0 Å². The highest BCUT2D eigenvalue weighted by molar-refractivity contribution is 5.89. The molecule has 0 saturated heterocycles. The zero-order valence-electron chi connectivity index (χ0n) is 12.1. The maximum atomic E-state index is 11.4. The molecule has 3 nitrogen and oxygen atoms in total. The van der Waals surface area contributed by atoms with E-state index in [1.807, 2.05) is 36.4 Å². The topological polar surface area (TPSA) is 35.5 Å². The van der Waals surface area contributed by atoms with Crippen LogP contribution in [0.5, 0.6) is 5.75 Å². The number of carbonyl (C=O) groups is 1.